The lowest BCUT2D eigenvalue weighted by Gasteiger charge is -2.31. The monoisotopic (exact) mass is 328 g/mol. The van der Waals surface area contributed by atoms with Gasteiger partial charge in [-0.05, 0) is 41.3 Å². The maximum Gasteiger partial charge on any atom is 0.221 e. The molecule has 0 bridgehead atoms. The number of carbonyl (C=O) groups excluding carboxylic acids is 1. The number of fused-ring (bicyclic) bond motifs is 1. The standard InChI is InChI=1S/C19H21FN2O2/c1-13(23)21-18-4-2-3-15-11-22(10-9-17(15)18)12-19(24)14-5-7-16(20)8-6-14/h2-8,19,24H,9-12H2,1H3,(H,21,23). The van der Waals surface area contributed by atoms with E-state index in [9.17, 15) is 14.3 Å². The number of anilines is 1. The highest BCUT2D eigenvalue weighted by molar-refractivity contribution is 5.89. The van der Waals surface area contributed by atoms with E-state index in [1.54, 1.807) is 12.1 Å². The van der Waals surface area contributed by atoms with Gasteiger partial charge in [0.25, 0.3) is 0 Å². The summed E-state index contributed by atoms with van der Waals surface area (Å²) in [4.78, 5) is 13.5. The van der Waals surface area contributed by atoms with E-state index in [2.05, 4.69) is 16.3 Å². The smallest absolute Gasteiger partial charge is 0.221 e. The Hall–Kier alpha value is -2.24. The molecule has 0 spiro atoms. The van der Waals surface area contributed by atoms with Gasteiger partial charge in [-0.2, -0.15) is 0 Å². The minimum Gasteiger partial charge on any atom is -0.387 e. The Labute approximate surface area is 140 Å². The zero-order chi connectivity index (χ0) is 17.1. The Morgan fingerprint density at radius 2 is 2.04 bits per heavy atom. The van der Waals surface area contributed by atoms with Crippen LogP contribution in [0.1, 0.15) is 29.7 Å². The lowest BCUT2D eigenvalue weighted by molar-refractivity contribution is -0.114. The third kappa shape index (κ3) is 3.80. The molecule has 0 aliphatic carbocycles. The lowest BCUT2D eigenvalue weighted by Crippen LogP contribution is -2.34. The molecule has 1 aliphatic heterocycles. The van der Waals surface area contributed by atoms with Gasteiger partial charge in [0.15, 0.2) is 0 Å². The summed E-state index contributed by atoms with van der Waals surface area (Å²) >= 11 is 0. The van der Waals surface area contributed by atoms with Gasteiger partial charge in [-0.25, -0.2) is 4.39 Å². The third-order valence-corrected chi connectivity index (χ3v) is 4.34. The van der Waals surface area contributed by atoms with Crippen molar-refractivity contribution in [3.63, 3.8) is 0 Å². The van der Waals surface area contributed by atoms with Crippen LogP contribution in [0, 0.1) is 5.82 Å². The van der Waals surface area contributed by atoms with E-state index in [0.717, 1.165) is 25.2 Å². The predicted molar refractivity (Wildman–Crippen MR) is 91.1 cm³/mol. The predicted octanol–water partition coefficient (Wildman–Crippen LogP) is 2.88. The molecule has 4 nitrogen and oxygen atoms in total. The Kier molecular flexibility index (Phi) is 4.92. The fourth-order valence-electron chi connectivity index (χ4n) is 3.17. The van der Waals surface area contributed by atoms with Crippen LogP contribution in [-0.4, -0.2) is 29.0 Å². The number of benzene rings is 2. The fraction of sp³-hybridized carbons (Fsp3) is 0.316. The van der Waals surface area contributed by atoms with E-state index in [-0.39, 0.29) is 11.7 Å². The first-order chi connectivity index (χ1) is 11.5. The van der Waals surface area contributed by atoms with Crippen LogP contribution in [0.5, 0.6) is 0 Å². The van der Waals surface area contributed by atoms with Crippen LogP contribution < -0.4 is 5.32 Å². The van der Waals surface area contributed by atoms with Gasteiger partial charge < -0.3 is 10.4 Å². The fourth-order valence-corrected chi connectivity index (χ4v) is 3.17. The quantitative estimate of drug-likeness (QED) is 0.907. The molecule has 2 N–H and O–H groups in total. The molecule has 2 aromatic carbocycles. The van der Waals surface area contributed by atoms with Gasteiger partial charge >= 0.3 is 0 Å². The van der Waals surface area contributed by atoms with E-state index in [1.807, 2.05) is 12.1 Å². The zero-order valence-electron chi connectivity index (χ0n) is 13.6. The molecular weight excluding hydrogens is 307 g/mol. The molecule has 126 valence electrons. The summed E-state index contributed by atoms with van der Waals surface area (Å²) < 4.78 is 13.0. The number of aliphatic hydroxyl groups excluding tert-OH is 1. The van der Waals surface area contributed by atoms with E-state index in [0.29, 0.717) is 12.1 Å². The molecule has 5 heteroatoms. The van der Waals surface area contributed by atoms with Crippen molar-refractivity contribution in [1.29, 1.82) is 0 Å². The van der Waals surface area contributed by atoms with Gasteiger partial charge in [0, 0.05) is 32.2 Å². The van der Waals surface area contributed by atoms with Gasteiger partial charge in [0.1, 0.15) is 5.82 Å². The molecule has 1 aliphatic rings. The van der Waals surface area contributed by atoms with Gasteiger partial charge in [0.2, 0.25) is 5.91 Å². The first-order valence-corrected chi connectivity index (χ1v) is 8.07. The highest BCUT2D eigenvalue weighted by atomic mass is 19.1. The molecule has 0 aromatic heterocycles. The average molecular weight is 328 g/mol. The van der Waals surface area contributed by atoms with Crippen molar-refractivity contribution in [3.05, 3.63) is 65.0 Å². The summed E-state index contributed by atoms with van der Waals surface area (Å²) in [5.41, 5.74) is 3.92. The highest BCUT2D eigenvalue weighted by Gasteiger charge is 2.21. The summed E-state index contributed by atoms with van der Waals surface area (Å²) in [6.07, 6.45) is 0.174. The summed E-state index contributed by atoms with van der Waals surface area (Å²) in [6, 6.07) is 11.9. The second kappa shape index (κ2) is 7.11. The summed E-state index contributed by atoms with van der Waals surface area (Å²) in [5, 5.41) is 13.2. The van der Waals surface area contributed by atoms with Crippen molar-refractivity contribution in [2.24, 2.45) is 0 Å². The minimum absolute atomic E-state index is 0.0717. The first kappa shape index (κ1) is 16.6. The number of hydrogen-bond donors (Lipinski definition) is 2. The summed E-state index contributed by atoms with van der Waals surface area (Å²) in [7, 11) is 0. The molecule has 2 aromatic rings. The van der Waals surface area contributed by atoms with Gasteiger partial charge in [-0.15, -0.1) is 0 Å². The molecular formula is C19H21FN2O2. The molecule has 0 saturated heterocycles. The molecule has 0 saturated carbocycles. The van der Waals surface area contributed by atoms with Crippen molar-refractivity contribution in [2.45, 2.75) is 26.0 Å². The van der Waals surface area contributed by atoms with Crippen LogP contribution in [0.25, 0.3) is 0 Å². The number of carbonyl (C=O) groups is 1. The first-order valence-electron chi connectivity index (χ1n) is 8.07. The SMILES string of the molecule is CC(=O)Nc1cccc2c1CCN(CC(O)c1ccc(F)cc1)C2. The van der Waals surface area contributed by atoms with Crippen LogP contribution in [0.4, 0.5) is 10.1 Å². The number of amides is 1. The zero-order valence-corrected chi connectivity index (χ0v) is 13.6. The number of nitrogens with one attached hydrogen (secondary N) is 1. The number of halogens is 1. The van der Waals surface area contributed by atoms with E-state index < -0.39 is 6.10 Å². The Bertz CT molecular complexity index is 731. The van der Waals surface area contributed by atoms with Crippen molar-refractivity contribution in [1.82, 2.24) is 4.90 Å². The Balaban J connectivity index is 1.69. The second-order valence-electron chi connectivity index (χ2n) is 6.18. The maximum atomic E-state index is 13.0. The average Bonchev–Trinajstić information content (AvgIpc) is 2.55. The molecule has 3 rings (SSSR count). The molecule has 0 radical (unpaired) electrons. The Morgan fingerprint density at radius 1 is 1.29 bits per heavy atom. The topological polar surface area (TPSA) is 52.6 Å². The number of aliphatic hydroxyl groups is 1. The van der Waals surface area contributed by atoms with E-state index in [1.165, 1.54) is 30.2 Å². The van der Waals surface area contributed by atoms with Gasteiger partial charge in [-0.3, -0.25) is 9.69 Å². The second-order valence-corrected chi connectivity index (χ2v) is 6.18. The van der Waals surface area contributed by atoms with Crippen molar-refractivity contribution >= 4 is 11.6 Å². The lowest BCUT2D eigenvalue weighted by atomic mass is 9.97. The van der Waals surface area contributed by atoms with Crippen LogP contribution in [0.3, 0.4) is 0 Å². The summed E-state index contributed by atoms with van der Waals surface area (Å²) in [5.74, 6) is -0.374. The largest absolute Gasteiger partial charge is 0.387 e. The van der Waals surface area contributed by atoms with Crippen molar-refractivity contribution < 1.29 is 14.3 Å². The number of β-amino-alcohol motifs (C(OH)–C–C–N with tert-alkyl or cyclic N) is 1. The molecule has 1 unspecified atom stereocenters. The minimum atomic E-state index is -0.648. The van der Waals surface area contributed by atoms with Crippen LogP contribution >= 0.6 is 0 Å². The molecule has 1 atom stereocenters. The van der Waals surface area contributed by atoms with Crippen molar-refractivity contribution in [3.8, 4) is 0 Å². The highest BCUT2D eigenvalue weighted by Crippen LogP contribution is 2.27. The number of rotatable bonds is 4. The molecule has 24 heavy (non-hydrogen) atoms. The Morgan fingerprint density at radius 3 is 2.75 bits per heavy atom. The molecule has 0 fully saturated rings. The van der Waals surface area contributed by atoms with Crippen LogP contribution in [0.15, 0.2) is 42.5 Å². The van der Waals surface area contributed by atoms with E-state index >= 15 is 0 Å². The summed E-state index contributed by atoms with van der Waals surface area (Å²) in [6.45, 7) is 3.53. The maximum absolute atomic E-state index is 13.0. The number of nitrogens with zero attached hydrogens (tertiary/aromatic N) is 1. The normalized spacial score (nSPS) is 15.6. The molecule has 1 heterocycles. The van der Waals surface area contributed by atoms with Crippen LogP contribution in [0.2, 0.25) is 0 Å². The van der Waals surface area contributed by atoms with Crippen molar-refractivity contribution in [2.75, 3.05) is 18.4 Å². The van der Waals surface area contributed by atoms with Crippen LogP contribution in [-0.2, 0) is 17.8 Å². The third-order valence-electron chi connectivity index (χ3n) is 4.34. The van der Waals surface area contributed by atoms with Gasteiger partial charge in [0.05, 0.1) is 6.10 Å². The molecule has 1 amide bonds. The van der Waals surface area contributed by atoms with Gasteiger partial charge in [-0.1, -0.05) is 24.3 Å². The van der Waals surface area contributed by atoms with E-state index in [4.69, 9.17) is 0 Å². The number of hydrogen-bond acceptors (Lipinski definition) is 3.